The maximum atomic E-state index is 15.0. The van der Waals surface area contributed by atoms with Gasteiger partial charge in [0.2, 0.25) is 0 Å². The minimum atomic E-state index is -1.37. The van der Waals surface area contributed by atoms with Crippen molar-refractivity contribution >= 4 is 24.3 Å². The van der Waals surface area contributed by atoms with Crippen LogP contribution in [0.25, 0.3) is 0 Å². The minimum absolute atomic E-state index is 0.0283. The topological polar surface area (TPSA) is 101 Å². The van der Waals surface area contributed by atoms with Crippen molar-refractivity contribution in [3.8, 4) is 5.75 Å². The Morgan fingerprint density at radius 1 is 1.20 bits per heavy atom. The van der Waals surface area contributed by atoms with Crippen LogP contribution in [0.2, 0.25) is 0 Å². The molecule has 0 radical (unpaired) electrons. The third-order valence-corrected chi connectivity index (χ3v) is 11.1. The zero-order valence-corrected chi connectivity index (χ0v) is 24.5. The van der Waals surface area contributed by atoms with Crippen molar-refractivity contribution in [3.05, 3.63) is 23.5 Å². The molecule has 8 atom stereocenters. The number of rotatable bonds is 7. The first-order chi connectivity index (χ1) is 18.9. The third kappa shape index (κ3) is 4.41. The van der Waals surface area contributed by atoms with Crippen LogP contribution in [-0.2, 0) is 35.1 Å². The van der Waals surface area contributed by atoms with Gasteiger partial charge in [0.1, 0.15) is 11.9 Å². The van der Waals surface area contributed by atoms with E-state index in [0.717, 1.165) is 25.7 Å². The highest BCUT2D eigenvalue weighted by atomic mass is 19.1. The van der Waals surface area contributed by atoms with Crippen molar-refractivity contribution in [2.75, 3.05) is 27.4 Å². The molecule has 1 heterocycles. The van der Waals surface area contributed by atoms with Crippen LogP contribution >= 0.6 is 0 Å². The lowest BCUT2D eigenvalue weighted by atomic mass is 9.44. The van der Waals surface area contributed by atoms with E-state index in [1.165, 1.54) is 6.07 Å². The molecule has 1 aromatic rings. The number of halogens is 1. The second kappa shape index (κ2) is 10.7. The molecule has 0 unspecified atom stereocenters. The Hall–Kier alpha value is -2.01. The van der Waals surface area contributed by atoms with Crippen LogP contribution in [0.5, 0.6) is 5.75 Å². The monoisotopic (exact) mass is 560 g/mol. The summed E-state index contributed by atoms with van der Waals surface area (Å²) in [5.41, 5.74) is -0.983. The highest BCUT2D eigenvalue weighted by Crippen LogP contribution is 2.68. The van der Waals surface area contributed by atoms with Gasteiger partial charge in [-0.1, -0.05) is 33.8 Å². The number of carbonyl (C=O) groups is 2. The Balaban J connectivity index is 1.46. The zero-order chi connectivity index (χ0) is 29.0. The predicted molar refractivity (Wildman–Crippen MR) is 145 cm³/mol. The van der Waals surface area contributed by atoms with E-state index in [9.17, 15) is 14.6 Å². The first-order valence-corrected chi connectivity index (χ1v) is 14.4. The number of esters is 1. The first kappa shape index (κ1) is 29.5. The van der Waals surface area contributed by atoms with Crippen LogP contribution in [-0.4, -0.2) is 63.5 Å². The molecule has 5 rings (SSSR count). The molecule has 0 amide bonds. The Morgan fingerprint density at radius 3 is 2.62 bits per heavy atom. The Bertz CT molecular complexity index is 1160. The van der Waals surface area contributed by atoms with Crippen molar-refractivity contribution in [3.63, 3.8) is 0 Å². The molecule has 220 valence electrons. The van der Waals surface area contributed by atoms with Gasteiger partial charge in [-0.05, 0) is 55.1 Å². The fraction of sp³-hybridized carbons (Fsp3) is 0.733. The Kier molecular flexibility index (Phi) is 7.87. The summed E-state index contributed by atoms with van der Waals surface area (Å²) in [6.45, 7) is 8.23. The fourth-order valence-corrected chi connectivity index (χ4v) is 8.81. The summed E-state index contributed by atoms with van der Waals surface area (Å²) in [6, 6.07) is 3.04. The van der Waals surface area contributed by atoms with Crippen LogP contribution in [0.15, 0.2) is 12.1 Å². The number of benzene rings is 1. The molecule has 1 aromatic carbocycles. The van der Waals surface area contributed by atoms with Crippen molar-refractivity contribution in [2.24, 2.45) is 34.0 Å². The number of Topliss-reactive ketones (excluding diaryl/α,β-unsaturated/α-hetero) is 1. The SMILES string of the molecule is COC[C@]1(C)C[C@@H](OC(=O)COc2ccc3c(c2F)B(O)OC3)[C@]2(C)[C@@H](C)CC[C@]3(CC[C@@H](OC)[C@@H]32)[C@@H](C)C1=O. The van der Waals surface area contributed by atoms with E-state index in [4.69, 9.17) is 23.6 Å². The first-order valence-electron chi connectivity index (χ1n) is 14.4. The number of ether oxygens (including phenoxy) is 4. The quantitative estimate of drug-likeness (QED) is 0.400. The van der Waals surface area contributed by atoms with Crippen molar-refractivity contribution in [1.82, 2.24) is 0 Å². The van der Waals surface area contributed by atoms with Gasteiger partial charge in [0.15, 0.2) is 18.2 Å². The number of methoxy groups -OCH3 is 2. The van der Waals surface area contributed by atoms with Gasteiger partial charge in [-0.25, -0.2) is 9.18 Å². The van der Waals surface area contributed by atoms with E-state index in [-0.39, 0.29) is 59.5 Å². The number of hydrogen-bond donors (Lipinski definition) is 1. The van der Waals surface area contributed by atoms with Gasteiger partial charge < -0.3 is 28.6 Å². The van der Waals surface area contributed by atoms with Gasteiger partial charge in [0, 0.05) is 36.9 Å². The maximum absolute atomic E-state index is 15.0. The van der Waals surface area contributed by atoms with Crippen LogP contribution in [0, 0.1) is 39.8 Å². The van der Waals surface area contributed by atoms with E-state index in [1.54, 1.807) is 20.3 Å². The van der Waals surface area contributed by atoms with Gasteiger partial charge in [0.05, 0.1) is 24.7 Å². The smallest absolute Gasteiger partial charge is 0.479 e. The molecule has 3 fully saturated rings. The molecule has 4 aliphatic rings. The molecule has 3 aliphatic carbocycles. The Labute approximate surface area is 236 Å². The molecule has 10 heteroatoms. The molecular formula is C30H42BFO8. The minimum Gasteiger partial charge on any atom is -0.479 e. The maximum Gasteiger partial charge on any atom is 0.494 e. The summed E-state index contributed by atoms with van der Waals surface area (Å²) in [4.78, 5) is 27.5. The van der Waals surface area contributed by atoms with Crippen LogP contribution in [0.3, 0.4) is 0 Å². The van der Waals surface area contributed by atoms with Crippen molar-refractivity contribution in [2.45, 2.75) is 78.6 Å². The lowest BCUT2D eigenvalue weighted by Crippen LogP contribution is -2.63. The van der Waals surface area contributed by atoms with E-state index in [0.29, 0.717) is 12.0 Å². The largest absolute Gasteiger partial charge is 0.494 e. The normalized spacial score (nSPS) is 38.9. The highest BCUT2D eigenvalue weighted by molar-refractivity contribution is 6.61. The van der Waals surface area contributed by atoms with Gasteiger partial charge >= 0.3 is 13.1 Å². The summed E-state index contributed by atoms with van der Waals surface area (Å²) >= 11 is 0. The zero-order valence-electron chi connectivity index (χ0n) is 24.5. The van der Waals surface area contributed by atoms with Gasteiger partial charge in [0.25, 0.3) is 0 Å². The van der Waals surface area contributed by atoms with Gasteiger partial charge in [-0.3, -0.25) is 4.79 Å². The van der Waals surface area contributed by atoms with Crippen LogP contribution in [0.4, 0.5) is 4.39 Å². The average Bonchev–Trinajstić information content (AvgIpc) is 3.51. The lowest BCUT2D eigenvalue weighted by Gasteiger charge is -2.61. The molecule has 1 aliphatic heterocycles. The molecule has 0 saturated heterocycles. The fourth-order valence-electron chi connectivity index (χ4n) is 8.81. The summed E-state index contributed by atoms with van der Waals surface area (Å²) in [6.07, 6.45) is 3.29. The van der Waals surface area contributed by atoms with Crippen LogP contribution < -0.4 is 10.2 Å². The standard InChI is InChI=1S/C30H42BFO8/c1-17-9-11-30-12-10-21(37-6)26(30)29(17,4)22(13-28(3,16-36-5)27(34)18(30)2)40-23(33)15-38-20-8-7-19-14-39-31(35)24(19)25(20)32/h7-8,17-18,21-22,26,35H,9-16H2,1-6H3/t17-,18-,21+,22+,26+,28-,29-,30-/m0/s1. The second-order valence-electron chi connectivity index (χ2n) is 13.0. The highest BCUT2D eigenvalue weighted by Gasteiger charge is 2.68. The number of fused-ring (bicyclic) bond motifs is 1. The second-order valence-corrected chi connectivity index (χ2v) is 13.0. The van der Waals surface area contributed by atoms with Crippen LogP contribution in [0.1, 0.15) is 65.4 Å². The predicted octanol–water partition coefficient (Wildman–Crippen LogP) is 3.44. The summed E-state index contributed by atoms with van der Waals surface area (Å²) < 4.78 is 43.6. The summed E-state index contributed by atoms with van der Waals surface area (Å²) in [5.74, 6) is -1.33. The summed E-state index contributed by atoms with van der Waals surface area (Å²) in [5, 5.41) is 9.96. The molecule has 0 aromatic heterocycles. The summed E-state index contributed by atoms with van der Waals surface area (Å²) in [7, 11) is 1.95. The molecule has 40 heavy (non-hydrogen) atoms. The van der Waals surface area contributed by atoms with Crippen molar-refractivity contribution < 1.29 is 42.6 Å². The lowest BCUT2D eigenvalue weighted by molar-refractivity contribution is -0.209. The molecule has 3 saturated carbocycles. The Morgan fingerprint density at radius 2 is 1.93 bits per heavy atom. The third-order valence-electron chi connectivity index (χ3n) is 11.1. The van der Waals surface area contributed by atoms with Crippen molar-refractivity contribution in [1.29, 1.82) is 0 Å². The van der Waals surface area contributed by atoms with E-state index in [1.807, 2.05) is 6.92 Å². The average molecular weight is 560 g/mol. The van der Waals surface area contributed by atoms with E-state index < -0.39 is 42.4 Å². The van der Waals surface area contributed by atoms with E-state index in [2.05, 4.69) is 20.8 Å². The molecule has 8 nitrogen and oxygen atoms in total. The number of hydrogen-bond acceptors (Lipinski definition) is 8. The molecule has 2 bridgehead atoms. The number of carbonyl (C=O) groups excluding carboxylic acids is 2. The molecule has 0 spiro atoms. The number of ketones is 1. The van der Waals surface area contributed by atoms with Gasteiger partial charge in [-0.2, -0.15) is 0 Å². The molecular weight excluding hydrogens is 518 g/mol. The molecule has 1 N–H and O–H groups in total. The van der Waals surface area contributed by atoms with E-state index >= 15 is 4.39 Å². The van der Waals surface area contributed by atoms with Gasteiger partial charge in [-0.15, -0.1) is 0 Å².